The summed E-state index contributed by atoms with van der Waals surface area (Å²) in [5.74, 6) is -1.53. The van der Waals surface area contributed by atoms with E-state index in [4.69, 9.17) is 14.2 Å². The van der Waals surface area contributed by atoms with Crippen molar-refractivity contribution in [1.29, 1.82) is 0 Å². The Balaban J connectivity index is 2.28. The third-order valence-electron chi connectivity index (χ3n) is 6.59. The maximum atomic E-state index is 13.4. The molecule has 7 heteroatoms. The first-order valence-electron chi connectivity index (χ1n) is 11.9. The van der Waals surface area contributed by atoms with Gasteiger partial charge in [-0.05, 0) is 49.1 Å². The highest BCUT2D eigenvalue weighted by Gasteiger charge is 2.56. The molecule has 2 aromatic carbocycles. The Hall–Kier alpha value is -4.00. The van der Waals surface area contributed by atoms with Gasteiger partial charge in [-0.2, -0.15) is 0 Å². The summed E-state index contributed by atoms with van der Waals surface area (Å²) in [4.78, 5) is 26.3. The molecule has 37 heavy (non-hydrogen) atoms. The van der Waals surface area contributed by atoms with E-state index < -0.39 is 23.0 Å². The van der Waals surface area contributed by atoms with E-state index in [9.17, 15) is 19.8 Å². The van der Waals surface area contributed by atoms with Gasteiger partial charge in [-0.25, -0.2) is 9.59 Å². The highest BCUT2D eigenvalue weighted by atomic mass is 16.6. The molecular formula is C30H34O7. The SMILES string of the molecule is C=CC(C)(C)c1cc(C[C@@]2(C(=O)OC)OC(=O)C(OC)=C2c2ccc(O)cc2)cc(CC=C(C)C)c1O. The van der Waals surface area contributed by atoms with E-state index in [0.717, 1.165) is 5.57 Å². The number of allylic oxidation sites excluding steroid dienone is 3. The van der Waals surface area contributed by atoms with Crippen molar-refractivity contribution in [1.82, 2.24) is 0 Å². The molecule has 2 N–H and O–H groups in total. The molecule has 7 nitrogen and oxygen atoms in total. The van der Waals surface area contributed by atoms with Crippen molar-refractivity contribution in [3.8, 4) is 11.5 Å². The number of benzene rings is 2. The Morgan fingerprint density at radius 3 is 2.32 bits per heavy atom. The van der Waals surface area contributed by atoms with Crippen LogP contribution < -0.4 is 0 Å². The number of esters is 2. The van der Waals surface area contributed by atoms with Gasteiger partial charge in [-0.15, -0.1) is 6.58 Å². The second-order valence-corrected chi connectivity index (χ2v) is 9.90. The standard InChI is InChI=1S/C30H34O7/c1-8-29(4,5)23-16-19(15-21(25(23)32)10-9-18(2)3)17-30(28(34)36-7)24(26(35-6)27(33)37-30)20-11-13-22(31)14-12-20/h8-9,11-16,31-32H,1,10,17H2,2-7H3/t30-/m1/s1. The van der Waals surface area contributed by atoms with Crippen LogP contribution in [0.3, 0.4) is 0 Å². The number of phenols is 2. The van der Waals surface area contributed by atoms with Gasteiger partial charge in [0.1, 0.15) is 11.5 Å². The number of carbonyl (C=O) groups is 2. The van der Waals surface area contributed by atoms with Gasteiger partial charge in [0.2, 0.25) is 11.4 Å². The molecule has 0 bridgehead atoms. The minimum absolute atomic E-state index is 0.0240. The van der Waals surface area contributed by atoms with Gasteiger partial charge < -0.3 is 24.4 Å². The van der Waals surface area contributed by atoms with Crippen molar-refractivity contribution in [3.63, 3.8) is 0 Å². The average molecular weight is 507 g/mol. The van der Waals surface area contributed by atoms with E-state index in [-0.39, 0.29) is 29.3 Å². The number of carbonyl (C=O) groups excluding carboxylic acids is 2. The number of rotatable bonds is 9. The van der Waals surface area contributed by atoms with Crippen LogP contribution in [0.25, 0.3) is 5.57 Å². The highest BCUT2D eigenvalue weighted by molar-refractivity contribution is 6.11. The molecule has 1 aliphatic heterocycles. The average Bonchev–Trinajstić information content (AvgIpc) is 3.15. The van der Waals surface area contributed by atoms with E-state index in [1.807, 2.05) is 33.8 Å². The zero-order chi connectivity index (χ0) is 27.5. The smallest absolute Gasteiger partial charge is 0.375 e. The number of phenolic OH excluding ortho intramolecular Hbond substituents is 2. The zero-order valence-corrected chi connectivity index (χ0v) is 22.2. The normalized spacial score (nSPS) is 17.3. The lowest BCUT2D eigenvalue weighted by molar-refractivity contribution is -0.169. The number of ether oxygens (including phenoxy) is 3. The fraction of sp³-hybridized carbons (Fsp3) is 0.333. The molecule has 0 saturated heterocycles. The summed E-state index contributed by atoms with van der Waals surface area (Å²) >= 11 is 0. The van der Waals surface area contributed by atoms with Gasteiger partial charge in [0.05, 0.1) is 19.8 Å². The number of hydrogen-bond acceptors (Lipinski definition) is 7. The first kappa shape index (κ1) is 27.6. The van der Waals surface area contributed by atoms with Crippen molar-refractivity contribution in [3.05, 3.63) is 88.7 Å². The third-order valence-corrected chi connectivity index (χ3v) is 6.59. The molecule has 0 unspecified atom stereocenters. The Kier molecular flexibility index (Phi) is 7.86. The Labute approximate surface area is 217 Å². The van der Waals surface area contributed by atoms with E-state index in [1.54, 1.807) is 30.3 Å². The molecule has 0 aromatic heterocycles. The Morgan fingerprint density at radius 2 is 1.78 bits per heavy atom. The third kappa shape index (κ3) is 5.26. The second-order valence-electron chi connectivity index (χ2n) is 9.90. The molecule has 1 atom stereocenters. The van der Waals surface area contributed by atoms with Gasteiger partial charge in [0.15, 0.2) is 0 Å². The number of hydrogen-bond donors (Lipinski definition) is 2. The van der Waals surface area contributed by atoms with E-state index in [1.165, 1.54) is 26.4 Å². The lowest BCUT2D eigenvalue weighted by Crippen LogP contribution is -2.44. The van der Waals surface area contributed by atoms with Gasteiger partial charge in [-0.3, -0.25) is 0 Å². The van der Waals surface area contributed by atoms with Crippen LogP contribution in [-0.2, 0) is 42.1 Å². The minimum Gasteiger partial charge on any atom is -0.508 e. The van der Waals surface area contributed by atoms with Crippen LogP contribution in [0.5, 0.6) is 11.5 Å². The number of cyclic esters (lactones) is 1. The van der Waals surface area contributed by atoms with Crippen LogP contribution in [0, 0.1) is 0 Å². The van der Waals surface area contributed by atoms with E-state index in [0.29, 0.717) is 28.7 Å². The van der Waals surface area contributed by atoms with Crippen LogP contribution in [0.1, 0.15) is 49.9 Å². The highest BCUT2D eigenvalue weighted by Crippen LogP contribution is 2.45. The summed E-state index contributed by atoms with van der Waals surface area (Å²) in [7, 11) is 2.55. The molecule has 3 rings (SSSR count). The van der Waals surface area contributed by atoms with Crippen LogP contribution in [0.4, 0.5) is 0 Å². The van der Waals surface area contributed by atoms with Gasteiger partial charge in [0, 0.05) is 17.4 Å². The fourth-order valence-corrected chi connectivity index (χ4v) is 4.44. The summed E-state index contributed by atoms with van der Waals surface area (Å²) in [6.07, 6.45) is 4.14. The van der Waals surface area contributed by atoms with Gasteiger partial charge in [0.25, 0.3) is 0 Å². The number of methoxy groups -OCH3 is 2. The number of aromatic hydroxyl groups is 2. The van der Waals surface area contributed by atoms with Gasteiger partial charge >= 0.3 is 11.9 Å². The quantitative estimate of drug-likeness (QED) is 0.359. The van der Waals surface area contributed by atoms with Crippen LogP contribution >= 0.6 is 0 Å². The lowest BCUT2D eigenvalue weighted by atomic mass is 9.78. The first-order valence-corrected chi connectivity index (χ1v) is 11.9. The van der Waals surface area contributed by atoms with Crippen molar-refractivity contribution < 1.29 is 34.0 Å². The molecule has 0 radical (unpaired) electrons. The Morgan fingerprint density at radius 1 is 1.14 bits per heavy atom. The summed E-state index contributed by atoms with van der Waals surface area (Å²) in [6, 6.07) is 9.64. The van der Waals surface area contributed by atoms with Crippen LogP contribution in [-0.4, -0.2) is 42.0 Å². The minimum atomic E-state index is -1.85. The van der Waals surface area contributed by atoms with Crippen molar-refractivity contribution in [2.45, 2.75) is 51.6 Å². The second kappa shape index (κ2) is 10.5. The maximum absolute atomic E-state index is 13.4. The molecule has 2 aromatic rings. The molecule has 0 spiro atoms. The molecule has 1 aliphatic rings. The molecule has 0 amide bonds. The fourth-order valence-electron chi connectivity index (χ4n) is 4.44. The maximum Gasteiger partial charge on any atom is 0.375 e. The molecule has 0 fully saturated rings. The predicted molar refractivity (Wildman–Crippen MR) is 141 cm³/mol. The largest absolute Gasteiger partial charge is 0.508 e. The first-order chi connectivity index (χ1) is 17.4. The summed E-state index contributed by atoms with van der Waals surface area (Å²) in [5.41, 5.74) is 1.25. The van der Waals surface area contributed by atoms with E-state index >= 15 is 0 Å². The van der Waals surface area contributed by atoms with Crippen molar-refractivity contribution >= 4 is 17.5 Å². The molecular weight excluding hydrogens is 472 g/mol. The predicted octanol–water partition coefficient (Wildman–Crippen LogP) is 5.14. The van der Waals surface area contributed by atoms with Crippen LogP contribution in [0.2, 0.25) is 0 Å². The summed E-state index contributed by atoms with van der Waals surface area (Å²) < 4.78 is 16.3. The lowest BCUT2D eigenvalue weighted by Gasteiger charge is -2.30. The van der Waals surface area contributed by atoms with Crippen molar-refractivity contribution in [2.24, 2.45) is 0 Å². The summed E-state index contributed by atoms with van der Waals surface area (Å²) in [5, 5.41) is 20.9. The topological polar surface area (TPSA) is 102 Å². The van der Waals surface area contributed by atoms with Crippen molar-refractivity contribution in [2.75, 3.05) is 14.2 Å². The molecule has 0 saturated carbocycles. The van der Waals surface area contributed by atoms with E-state index in [2.05, 4.69) is 6.58 Å². The zero-order valence-electron chi connectivity index (χ0n) is 22.2. The summed E-state index contributed by atoms with van der Waals surface area (Å²) in [6.45, 7) is 11.7. The Bertz CT molecular complexity index is 1280. The monoisotopic (exact) mass is 506 g/mol. The molecule has 0 aliphatic carbocycles. The van der Waals surface area contributed by atoms with Gasteiger partial charge in [-0.1, -0.05) is 55.8 Å². The van der Waals surface area contributed by atoms with Crippen LogP contribution in [0.15, 0.2) is 66.5 Å². The molecule has 1 heterocycles. The molecule has 196 valence electrons.